The third kappa shape index (κ3) is 2.34. The number of aromatic nitrogens is 1. The van der Waals surface area contributed by atoms with E-state index >= 15 is 0 Å². The van der Waals surface area contributed by atoms with Crippen LogP contribution in [0.2, 0.25) is 0 Å². The number of benzene rings is 1. The van der Waals surface area contributed by atoms with Gasteiger partial charge in [-0.2, -0.15) is 0 Å². The van der Waals surface area contributed by atoms with Crippen LogP contribution in [0.25, 0.3) is 10.9 Å². The quantitative estimate of drug-likeness (QED) is 0.791. The van der Waals surface area contributed by atoms with Crippen molar-refractivity contribution >= 4 is 29.0 Å². The molecule has 0 amide bonds. The van der Waals surface area contributed by atoms with E-state index in [1.54, 1.807) is 7.11 Å². The first-order valence-electron chi connectivity index (χ1n) is 4.69. The molecular formula is C11H11GaNO2. The number of fused-ring (bicyclic) bond motifs is 1. The number of hydrogen-bond donors (Lipinski definition) is 0. The van der Waals surface area contributed by atoms with Gasteiger partial charge in [0.15, 0.2) is 0 Å². The van der Waals surface area contributed by atoms with E-state index in [0.717, 1.165) is 22.3 Å². The number of aryl methyl sites for hydroxylation is 1. The summed E-state index contributed by atoms with van der Waals surface area (Å²) in [5.74, 6) is 0.832. The molecule has 0 saturated heterocycles. The summed E-state index contributed by atoms with van der Waals surface area (Å²) in [4.78, 5) is 4.47. The van der Waals surface area contributed by atoms with E-state index in [4.69, 9.17) is 7.06 Å². The molecule has 1 aromatic carbocycles. The summed E-state index contributed by atoms with van der Waals surface area (Å²) in [6, 6.07) is 10.00. The van der Waals surface area contributed by atoms with Gasteiger partial charge in [0.25, 0.3) is 0 Å². The zero-order valence-corrected chi connectivity index (χ0v) is 11.2. The Hall–Kier alpha value is -0.974. The summed E-state index contributed by atoms with van der Waals surface area (Å²) in [5, 5.41) is 1.10. The zero-order valence-electron chi connectivity index (χ0n) is 8.73. The molecule has 1 heterocycles. The standard InChI is InChI=1S/C10H9NO.CH3O.Ga/c1-7-5-6-8-3-2-4-9(12)10(8)11-7;1-2;/h2-6,12H,1H3;1H3;/q;-1;+2/p-1. The normalized spacial score (nSPS) is 10.3. The van der Waals surface area contributed by atoms with E-state index in [1.807, 2.05) is 31.2 Å². The molecule has 0 aliphatic rings. The summed E-state index contributed by atoms with van der Waals surface area (Å²) in [5.41, 5.74) is 1.92. The van der Waals surface area contributed by atoms with E-state index < -0.39 is 18.1 Å². The van der Waals surface area contributed by atoms with E-state index in [9.17, 15) is 0 Å². The van der Waals surface area contributed by atoms with Gasteiger partial charge in [0.05, 0.1) is 0 Å². The van der Waals surface area contributed by atoms with Crippen LogP contribution >= 0.6 is 0 Å². The fourth-order valence-electron chi connectivity index (χ4n) is 1.41. The fraction of sp³-hybridized carbons (Fsp3) is 0.182. The van der Waals surface area contributed by atoms with Crippen LogP contribution in [0, 0.1) is 6.92 Å². The molecule has 2 aromatic rings. The van der Waals surface area contributed by atoms with Crippen molar-refractivity contribution in [1.82, 2.24) is 4.98 Å². The third-order valence-electron chi connectivity index (χ3n) is 2.09. The van der Waals surface area contributed by atoms with Gasteiger partial charge >= 0.3 is 96.9 Å². The molecule has 0 unspecified atom stereocenters. The Morgan fingerprint density at radius 2 is 2.07 bits per heavy atom. The number of rotatable bonds is 3. The van der Waals surface area contributed by atoms with Gasteiger partial charge in [-0.1, -0.05) is 0 Å². The van der Waals surface area contributed by atoms with Crippen molar-refractivity contribution in [2.75, 3.05) is 7.11 Å². The molecule has 15 heavy (non-hydrogen) atoms. The Morgan fingerprint density at radius 1 is 1.20 bits per heavy atom. The number of hydrogen-bond acceptors (Lipinski definition) is 3. The van der Waals surface area contributed by atoms with E-state index in [0.29, 0.717) is 0 Å². The van der Waals surface area contributed by atoms with Gasteiger partial charge in [-0.05, 0) is 0 Å². The van der Waals surface area contributed by atoms with Gasteiger partial charge < -0.3 is 0 Å². The Labute approximate surface area is 97.0 Å². The molecular weight excluding hydrogens is 248 g/mol. The second-order valence-corrected chi connectivity index (χ2v) is 5.12. The number of pyridine rings is 1. The van der Waals surface area contributed by atoms with Crippen molar-refractivity contribution in [3.8, 4) is 5.75 Å². The molecule has 2 rings (SSSR count). The Kier molecular flexibility index (Phi) is 3.30. The van der Waals surface area contributed by atoms with Gasteiger partial charge in [-0.15, -0.1) is 0 Å². The van der Waals surface area contributed by atoms with Crippen molar-refractivity contribution < 1.29 is 7.06 Å². The van der Waals surface area contributed by atoms with Crippen LogP contribution in [0.3, 0.4) is 0 Å². The topological polar surface area (TPSA) is 31.4 Å². The average Bonchev–Trinajstić information content (AvgIpc) is 2.26. The number of nitrogens with zero attached hydrogens (tertiary/aromatic N) is 1. The second-order valence-electron chi connectivity index (χ2n) is 3.23. The van der Waals surface area contributed by atoms with E-state index in [-0.39, 0.29) is 0 Å². The van der Waals surface area contributed by atoms with E-state index in [2.05, 4.69) is 11.1 Å². The predicted octanol–water partition coefficient (Wildman–Crippen LogP) is 2.10. The fourth-order valence-corrected chi connectivity index (χ4v) is 2.23. The van der Waals surface area contributed by atoms with Crippen LogP contribution in [0.4, 0.5) is 0 Å². The Bertz CT molecular complexity index is 473. The minimum atomic E-state index is -1.06. The summed E-state index contributed by atoms with van der Waals surface area (Å²) in [6.07, 6.45) is 0. The average molecular weight is 259 g/mol. The van der Waals surface area contributed by atoms with Crippen molar-refractivity contribution in [1.29, 1.82) is 0 Å². The van der Waals surface area contributed by atoms with Gasteiger partial charge in [0, 0.05) is 0 Å². The molecule has 0 aliphatic carbocycles. The van der Waals surface area contributed by atoms with Gasteiger partial charge in [-0.25, -0.2) is 0 Å². The minimum absolute atomic E-state index is 0.832. The van der Waals surface area contributed by atoms with Gasteiger partial charge in [-0.3, -0.25) is 0 Å². The van der Waals surface area contributed by atoms with Crippen LogP contribution in [0.5, 0.6) is 5.75 Å². The molecule has 0 atom stereocenters. The summed E-state index contributed by atoms with van der Waals surface area (Å²) < 4.78 is 10.6. The maximum atomic E-state index is 5.59. The molecule has 1 aromatic heterocycles. The molecule has 0 aliphatic heterocycles. The van der Waals surface area contributed by atoms with Crippen molar-refractivity contribution in [3.05, 3.63) is 36.0 Å². The van der Waals surface area contributed by atoms with Crippen LogP contribution in [0.1, 0.15) is 5.69 Å². The molecule has 1 radical (unpaired) electrons. The van der Waals surface area contributed by atoms with Crippen LogP contribution in [0.15, 0.2) is 30.3 Å². The first-order chi connectivity index (χ1) is 7.31. The monoisotopic (exact) mass is 258 g/mol. The molecule has 0 fully saturated rings. The van der Waals surface area contributed by atoms with Gasteiger partial charge in [0.1, 0.15) is 0 Å². The third-order valence-corrected chi connectivity index (χ3v) is 3.23. The molecule has 0 spiro atoms. The molecule has 0 saturated carbocycles. The molecule has 75 valence electrons. The predicted molar refractivity (Wildman–Crippen MR) is 59.9 cm³/mol. The van der Waals surface area contributed by atoms with Crippen molar-refractivity contribution in [2.45, 2.75) is 6.92 Å². The Balaban J connectivity index is 2.48. The summed E-state index contributed by atoms with van der Waals surface area (Å²) in [7, 11) is 1.67. The number of para-hydroxylation sites is 1. The maximum absolute atomic E-state index is 5.59. The second kappa shape index (κ2) is 4.70. The van der Waals surface area contributed by atoms with Gasteiger partial charge in [0.2, 0.25) is 0 Å². The van der Waals surface area contributed by atoms with Crippen LogP contribution in [-0.2, 0) is 3.53 Å². The SMILES string of the molecule is C[O][Ga][O]c1cccc2ccc(C)nc12. The van der Waals surface area contributed by atoms with Crippen molar-refractivity contribution in [3.63, 3.8) is 0 Å². The van der Waals surface area contributed by atoms with Crippen molar-refractivity contribution in [2.24, 2.45) is 0 Å². The van der Waals surface area contributed by atoms with E-state index in [1.165, 1.54) is 0 Å². The van der Waals surface area contributed by atoms with Crippen LogP contribution in [-0.4, -0.2) is 30.2 Å². The first kappa shape index (κ1) is 10.5. The molecule has 0 N–H and O–H groups in total. The summed E-state index contributed by atoms with van der Waals surface area (Å²) >= 11 is -1.06. The van der Waals surface area contributed by atoms with Crippen LogP contribution < -0.4 is 3.53 Å². The molecule has 0 bridgehead atoms. The molecule has 4 heteroatoms. The Morgan fingerprint density at radius 3 is 2.87 bits per heavy atom. The summed E-state index contributed by atoms with van der Waals surface area (Å²) in [6.45, 7) is 1.98. The zero-order chi connectivity index (χ0) is 10.7. The first-order valence-corrected chi connectivity index (χ1v) is 6.66. The molecule has 3 nitrogen and oxygen atoms in total.